The Kier molecular flexibility index (Phi) is 12.0. The number of nitrogens with zero attached hydrogens (tertiary/aromatic N) is 1. The maximum atomic E-state index is 10.8. The molecule has 166 valence electrons. The number of hydrogen-bond acceptors (Lipinski definition) is 2. The molecule has 2 rings (SSSR count). The first-order valence-corrected chi connectivity index (χ1v) is 12.5. The average molecular weight is 404 g/mol. The fourth-order valence-corrected chi connectivity index (χ4v) is 4.81. The molecule has 3 heteroatoms. The molecule has 0 aliphatic heterocycles. The van der Waals surface area contributed by atoms with E-state index < -0.39 is 0 Å². The van der Waals surface area contributed by atoms with Crippen molar-refractivity contribution < 1.29 is 10.2 Å². The van der Waals surface area contributed by atoms with Crippen LogP contribution in [0.5, 0.6) is 11.8 Å². The van der Waals surface area contributed by atoms with E-state index in [4.69, 9.17) is 0 Å². The highest BCUT2D eigenvalue weighted by atomic mass is 16.3. The monoisotopic (exact) mass is 403 g/mol. The zero-order valence-corrected chi connectivity index (χ0v) is 18.7. The van der Waals surface area contributed by atoms with E-state index in [9.17, 15) is 10.2 Å². The van der Waals surface area contributed by atoms with Gasteiger partial charge in [0.1, 0.15) is 0 Å². The van der Waals surface area contributed by atoms with Crippen LogP contribution in [0.15, 0.2) is 18.7 Å². The van der Waals surface area contributed by atoms with Crippen LogP contribution < -0.4 is 0 Å². The minimum absolute atomic E-state index is 0.245. The minimum atomic E-state index is 0.245. The summed E-state index contributed by atoms with van der Waals surface area (Å²) in [5, 5.41) is 21.3. The van der Waals surface area contributed by atoms with Crippen LogP contribution in [0.1, 0.15) is 127 Å². The van der Waals surface area contributed by atoms with Crippen molar-refractivity contribution in [3.05, 3.63) is 24.3 Å². The highest BCUT2D eigenvalue weighted by Gasteiger charge is 2.21. The smallest absolute Gasteiger partial charge is 0.197 e. The summed E-state index contributed by atoms with van der Waals surface area (Å²) < 4.78 is 1.74. The van der Waals surface area contributed by atoms with Crippen molar-refractivity contribution in [2.45, 2.75) is 128 Å². The summed E-state index contributed by atoms with van der Waals surface area (Å²) in [6.07, 6.45) is 24.5. The molecule has 1 aliphatic rings. The third kappa shape index (κ3) is 8.88. The van der Waals surface area contributed by atoms with Crippen LogP contribution in [0, 0.1) is 0 Å². The van der Waals surface area contributed by atoms with Crippen molar-refractivity contribution in [1.82, 2.24) is 4.57 Å². The standard InChI is InChI=1S/C26H45NO2/c1-2-3-4-5-6-12-15-18-21-27-25(28)22-24(26(27)29)23-19-16-13-10-8-7-9-11-14-17-20-23/h2,22-23,28-29H,1,3-21H2. The number of hydrogen-bond donors (Lipinski definition) is 2. The normalized spacial score (nSPS) is 17.5. The van der Waals surface area contributed by atoms with Gasteiger partial charge in [-0.05, 0) is 38.0 Å². The van der Waals surface area contributed by atoms with Gasteiger partial charge >= 0.3 is 0 Å². The second kappa shape index (κ2) is 14.6. The minimum Gasteiger partial charge on any atom is -0.494 e. The zero-order chi connectivity index (χ0) is 20.7. The van der Waals surface area contributed by atoms with Crippen molar-refractivity contribution in [3.8, 4) is 11.8 Å². The van der Waals surface area contributed by atoms with Crippen molar-refractivity contribution in [1.29, 1.82) is 0 Å². The van der Waals surface area contributed by atoms with Gasteiger partial charge in [-0.15, -0.1) is 6.58 Å². The number of aromatic nitrogens is 1. The van der Waals surface area contributed by atoms with Gasteiger partial charge in [-0.3, -0.25) is 4.57 Å². The summed E-state index contributed by atoms with van der Waals surface area (Å²) in [5.41, 5.74) is 0.990. The van der Waals surface area contributed by atoms with Gasteiger partial charge in [0, 0.05) is 18.2 Å². The highest BCUT2D eigenvalue weighted by molar-refractivity contribution is 5.38. The van der Waals surface area contributed by atoms with Gasteiger partial charge < -0.3 is 10.2 Å². The molecule has 0 spiro atoms. The first kappa shape index (κ1) is 23.9. The Hall–Kier alpha value is -1.38. The van der Waals surface area contributed by atoms with E-state index in [1.165, 1.54) is 83.5 Å². The SMILES string of the molecule is C=CCCCCCCCCn1c(O)cc(C2CCCCCCCCCCC2)c1O. The molecule has 0 radical (unpaired) electrons. The molecule has 0 bridgehead atoms. The summed E-state index contributed by atoms with van der Waals surface area (Å²) >= 11 is 0. The van der Waals surface area contributed by atoms with Gasteiger partial charge in [0.15, 0.2) is 11.8 Å². The van der Waals surface area contributed by atoms with Gasteiger partial charge in [0.2, 0.25) is 0 Å². The Balaban J connectivity index is 1.84. The van der Waals surface area contributed by atoms with Crippen LogP contribution in [0.2, 0.25) is 0 Å². The third-order valence-electron chi connectivity index (χ3n) is 6.66. The molecule has 0 unspecified atom stereocenters. The molecular weight excluding hydrogens is 358 g/mol. The molecule has 0 saturated heterocycles. The van der Waals surface area contributed by atoms with Crippen molar-refractivity contribution in [2.75, 3.05) is 0 Å². The lowest BCUT2D eigenvalue weighted by Gasteiger charge is -2.18. The summed E-state index contributed by atoms with van der Waals surface area (Å²) in [7, 11) is 0. The first-order chi connectivity index (χ1) is 14.2. The van der Waals surface area contributed by atoms with Crippen molar-refractivity contribution >= 4 is 0 Å². The van der Waals surface area contributed by atoms with Crippen LogP contribution in [0.3, 0.4) is 0 Å². The van der Waals surface area contributed by atoms with Crippen LogP contribution in [-0.4, -0.2) is 14.8 Å². The summed E-state index contributed by atoms with van der Waals surface area (Å²) in [6.45, 7) is 4.49. The third-order valence-corrected chi connectivity index (χ3v) is 6.66. The number of unbranched alkanes of at least 4 members (excludes halogenated alkanes) is 6. The summed E-state index contributed by atoms with van der Waals surface area (Å²) in [4.78, 5) is 0. The molecule has 3 nitrogen and oxygen atoms in total. The highest BCUT2D eigenvalue weighted by Crippen LogP contribution is 2.39. The molecule has 1 saturated carbocycles. The van der Waals surface area contributed by atoms with E-state index >= 15 is 0 Å². The Bertz CT molecular complexity index is 551. The molecule has 0 amide bonds. The van der Waals surface area contributed by atoms with Crippen molar-refractivity contribution in [2.24, 2.45) is 0 Å². The van der Waals surface area contributed by atoms with E-state index in [0.29, 0.717) is 11.8 Å². The molecule has 1 fully saturated rings. The molecule has 1 aromatic heterocycles. The fraction of sp³-hybridized carbons (Fsp3) is 0.769. The van der Waals surface area contributed by atoms with Gasteiger partial charge in [0.25, 0.3) is 0 Å². The van der Waals surface area contributed by atoms with Gasteiger partial charge in [-0.1, -0.05) is 89.5 Å². The van der Waals surface area contributed by atoms with Crippen LogP contribution in [0.4, 0.5) is 0 Å². The molecule has 29 heavy (non-hydrogen) atoms. The van der Waals surface area contributed by atoms with Gasteiger partial charge in [-0.2, -0.15) is 0 Å². The Labute approximate surface area is 179 Å². The molecule has 2 N–H and O–H groups in total. The first-order valence-electron chi connectivity index (χ1n) is 12.5. The summed E-state index contributed by atoms with van der Waals surface area (Å²) in [6, 6.07) is 1.85. The molecular formula is C26H45NO2. The van der Waals surface area contributed by atoms with Crippen LogP contribution in [0.25, 0.3) is 0 Å². The Morgan fingerprint density at radius 1 is 0.793 bits per heavy atom. The molecule has 1 heterocycles. The maximum absolute atomic E-state index is 10.8. The van der Waals surface area contributed by atoms with Gasteiger partial charge in [-0.25, -0.2) is 0 Å². The second-order valence-electron chi connectivity index (χ2n) is 9.09. The largest absolute Gasteiger partial charge is 0.494 e. The van der Waals surface area contributed by atoms with E-state index in [2.05, 4.69) is 6.58 Å². The molecule has 0 atom stereocenters. The van der Waals surface area contributed by atoms with E-state index in [1.807, 2.05) is 12.1 Å². The zero-order valence-electron chi connectivity index (χ0n) is 18.7. The molecule has 1 aliphatic carbocycles. The summed E-state index contributed by atoms with van der Waals surface area (Å²) in [5.74, 6) is 0.964. The lowest BCUT2D eigenvalue weighted by Crippen LogP contribution is -2.02. The quantitative estimate of drug-likeness (QED) is 0.305. The van der Waals surface area contributed by atoms with E-state index in [0.717, 1.165) is 44.2 Å². The number of aromatic hydroxyl groups is 2. The van der Waals surface area contributed by atoms with Crippen LogP contribution >= 0.6 is 0 Å². The maximum Gasteiger partial charge on any atom is 0.197 e. The number of rotatable bonds is 10. The van der Waals surface area contributed by atoms with Gasteiger partial charge in [0.05, 0.1) is 0 Å². The lowest BCUT2D eigenvalue weighted by molar-refractivity contribution is 0.356. The Morgan fingerprint density at radius 3 is 1.90 bits per heavy atom. The molecule has 0 aromatic carbocycles. The van der Waals surface area contributed by atoms with E-state index in [-0.39, 0.29) is 5.88 Å². The fourth-order valence-electron chi connectivity index (χ4n) is 4.81. The lowest BCUT2D eigenvalue weighted by atomic mass is 9.88. The Morgan fingerprint density at radius 2 is 1.31 bits per heavy atom. The van der Waals surface area contributed by atoms with Crippen molar-refractivity contribution in [3.63, 3.8) is 0 Å². The number of allylic oxidation sites excluding steroid dienone is 1. The average Bonchev–Trinajstić information content (AvgIpc) is 2.98. The topological polar surface area (TPSA) is 45.4 Å². The second-order valence-corrected chi connectivity index (χ2v) is 9.09. The van der Waals surface area contributed by atoms with E-state index in [1.54, 1.807) is 4.57 Å². The van der Waals surface area contributed by atoms with Crippen LogP contribution in [-0.2, 0) is 6.54 Å². The molecule has 1 aromatic rings. The predicted octanol–water partition coefficient (Wildman–Crippen LogP) is 8.20. The predicted molar refractivity (Wildman–Crippen MR) is 124 cm³/mol.